The van der Waals surface area contributed by atoms with E-state index in [1.54, 1.807) is 13.3 Å². The number of hydrogen-bond acceptors (Lipinski definition) is 4. The van der Waals surface area contributed by atoms with Crippen LogP contribution in [0.3, 0.4) is 0 Å². The normalized spacial score (nSPS) is 10.4. The molecule has 0 spiro atoms. The van der Waals surface area contributed by atoms with Crippen LogP contribution < -0.4 is 15.4 Å². The van der Waals surface area contributed by atoms with Crippen molar-refractivity contribution in [1.29, 1.82) is 0 Å². The van der Waals surface area contributed by atoms with E-state index in [0.29, 0.717) is 18.0 Å². The Hall–Kier alpha value is -2.34. The number of carbonyl (C=O) groups is 1. The van der Waals surface area contributed by atoms with Crippen LogP contribution in [0.5, 0.6) is 5.75 Å². The number of hydrogen-bond donors (Lipinski definition) is 2. The molecular formula is C15H20N4O2. The van der Waals surface area contributed by atoms with Gasteiger partial charge in [0.25, 0.3) is 0 Å². The van der Waals surface area contributed by atoms with Gasteiger partial charge >= 0.3 is 0 Å². The fraction of sp³-hybridized carbons (Fsp3) is 0.333. The van der Waals surface area contributed by atoms with E-state index in [1.807, 2.05) is 42.1 Å². The van der Waals surface area contributed by atoms with Gasteiger partial charge < -0.3 is 19.9 Å². The summed E-state index contributed by atoms with van der Waals surface area (Å²) in [5.74, 6) is 1.55. The van der Waals surface area contributed by atoms with Crippen LogP contribution in [0.4, 0.5) is 5.69 Å². The summed E-state index contributed by atoms with van der Waals surface area (Å²) < 4.78 is 7.16. The highest BCUT2D eigenvalue weighted by Crippen LogP contribution is 2.22. The van der Waals surface area contributed by atoms with Crippen LogP contribution in [0.25, 0.3) is 0 Å². The molecule has 1 heterocycles. The molecule has 0 aliphatic heterocycles. The molecule has 0 unspecified atom stereocenters. The number of benzene rings is 1. The lowest BCUT2D eigenvalue weighted by molar-refractivity contribution is -0.115. The molecule has 21 heavy (non-hydrogen) atoms. The Morgan fingerprint density at radius 1 is 1.38 bits per heavy atom. The molecule has 0 aliphatic carbocycles. The third kappa shape index (κ3) is 4.32. The van der Waals surface area contributed by atoms with E-state index in [1.165, 1.54) is 0 Å². The molecule has 112 valence electrons. The Kier molecular flexibility index (Phi) is 5.34. The van der Waals surface area contributed by atoms with Crippen LogP contribution in [-0.2, 0) is 18.3 Å². The van der Waals surface area contributed by atoms with Gasteiger partial charge in [0.2, 0.25) is 5.91 Å². The van der Waals surface area contributed by atoms with Crippen LogP contribution in [-0.4, -0.2) is 35.7 Å². The minimum Gasteiger partial charge on any atom is -0.495 e. The molecule has 2 N–H and O–H groups in total. The summed E-state index contributed by atoms with van der Waals surface area (Å²) in [6, 6.07) is 7.33. The van der Waals surface area contributed by atoms with E-state index in [-0.39, 0.29) is 12.5 Å². The molecule has 1 amide bonds. The fourth-order valence-corrected chi connectivity index (χ4v) is 1.98. The number of methoxy groups -OCH3 is 1. The van der Waals surface area contributed by atoms with Gasteiger partial charge in [-0.15, -0.1) is 0 Å². The molecule has 0 fully saturated rings. The maximum atomic E-state index is 11.9. The first-order chi connectivity index (χ1) is 10.2. The smallest absolute Gasteiger partial charge is 0.238 e. The van der Waals surface area contributed by atoms with Gasteiger partial charge in [0.15, 0.2) is 0 Å². The standard InChI is InChI=1S/C15H20N4O2/c1-19-10-9-17-14(19)7-8-16-11-15(20)18-12-5-3-4-6-13(12)21-2/h3-6,9-10,16H,7-8,11H2,1-2H3,(H,18,20). The van der Waals surface area contributed by atoms with Crippen LogP contribution in [0.15, 0.2) is 36.7 Å². The monoisotopic (exact) mass is 288 g/mol. The van der Waals surface area contributed by atoms with E-state index < -0.39 is 0 Å². The number of ether oxygens (including phenoxy) is 1. The zero-order chi connectivity index (χ0) is 15.1. The minimum atomic E-state index is -0.0978. The van der Waals surface area contributed by atoms with Crippen molar-refractivity contribution in [1.82, 2.24) is 14.9 Å². The predicted molar refractivity (Wildman–Crippen MR) is 81.4 cm³/mol. The maximum absolute atomic E-state index is 11.9. The minimum absolute atomic E-state index is 0.0978. The van der Waals surface area contributed by atoms with E-state index >= 15 is 0 Å². The largest absolute Gasteiger partial charge is 0.495 e. The lowest BCUT2D eigenvalue weighted by atomic mass is 10.3. The molecule has 2 aromatic rings. The molecule has 0 saturated carbocycles. The average Bonchev–Trinajstić information content (AvgIpc) is 2.89. The number of carbonyl (C=O) groups excluding carboxylic acids is 1. The SMILES string of the molecule is COc1ccccc1NC(=O)CNCCc1nccn1C. The predicted octanol–water partition coefficient (Wildman–Crippen LogP) is 1.20. The van der Waals surface area contributed by atoms with E-state index in [4.69, 9.17) is 4.74 Å². The number of para-hydroxylation sites is 2. The molecule has 0 saturated heterocycles. The van der Waals surface area contributed by atoms with Gasteiger partial charge in [-0.25, -0.2) is 4.98 Å². The van der Waals surface area contributed by atoms with Crippen molar-refractivity contribution in [3.63, 3.8) is 0 Å². The van der Waals surface area contributed by atoms with Crippen molar-refractivity contribution in [2.24, 2.45) is 7.05 Å². The quantitative estimate of drug-likeness (QED) is 0.751. The van der Waals surface area contributed by atoms with E-state index in [0.717, 1.165) is 12.2 Å². The lowest BCUT2D eigenvalue weighted by Gasteiger charge is -2.10. The summed E-state index contributed by atoms with van der Waals surface area (Å²) in [7, 11) is 3.53. The van der Waals surface area contributed by atoms with E-state index in [9.17, 15) is 4.79 Å². The van der Waals surface area contributed by atoms with Gasteiger partial charge in [0.1, 0.15) is 11.6 Å². The molecule has 0 atom stereocenters. The second-order valence-corrected chi connectivity index (χ2v) is 4.63. The first-order valence-corrected chi connectivity index (χ1v) is 6.80. The summed E-state index contributed by atoms with van der Waals surface area (Å²) >= 11 is 0. The first-order valence-electron chi connectivity index (χ1n) is 6.80. The fourth-order valence-electron chi connectivity index (χ4n) is 1.98. The maximum Gasteiger partial charge on any atom is 0.238 e. The third-order valence-corrected chi connectivity index (χ3v) is 3.11. The molecular weight excluding hydrogens is 268 g/mol. The number of aryl methyl sites for hydroxylation is 1. The van der Waals surface area contributed by atoms with Gasteiger partial charge in [0.05, 0.1) is 19.3 Å². The number of nitrogens with one attached hydrogen (secondary N) is 2. The van der Waals surface area contributed by atoms with Gasteiger partial charge in [-0.1, -0.05) is 12.1 Å². The summed E-state index contributed by atoms with van der Waals surface area (Å²) in [5, 5.41) is 5.92. The van der Waals surface area contributed by atoms with Crippen molar-refractivity contribution in [3.05, 3.63) is 42.5 Å². The highest BCUT2D eigenvalue weighted by molar-refractivity contribution is 5.93. The molecule has 6 heteroatoms. The van der Waals surface area contributed by atoms with E-state index in [2.05, 4.69) is 15.6 Å². The molecule has 6 nitrogen and oxygen atoms in total. The molecule has 0 radical (unpaired) electrons. The molecule has 1 aromatic carbocycles. The molecule has 1 aromatic heterocycles. The third-order valence-electron chi connectivity index (χ3n) is 3.11. The molecule has 0 bridgehead atoms. The van der Waals surface area contributed by atoms with Crippen molar-refractivity contribution < 1.29 is 9.53 Å². The van der Waals surface area contributed by atoms with Crippen molar-refractivity contribution >= 4 is 11.6 Å². The molecule has 2 rings (SSSR count). The van der Waals surface area contributed by atoms with Gasteiger partial charge in [-0.3, -0.25) is 4.79 Å². The topological polar surface area (TPSA) is 68.2 Å². The Balaban J connectivity index is 1.74. The Labute approximate surface area is 124 Å². The highest BCUT2D eigenvalue weighted by atomic mass is 16.5. The Bertz CT molecular complexity index is 595. The van der Waals surface area contributed by atoms with Crippen molar-refractivity contribution in [2.75, 3.05) is 25.5 Å². The summed E-state index contributed by atoms with van der Waals surface area (Å²) in [5.41, 5.74) is 0.677. The lowest BCUT2D eigenvalue weighted by Crippen LogP contribution is -2.30. The summed E-state index contributed by atoms with van der Waals surface area (Å²) in [6.07, 6.45) is 4.46. The number of imidazole rings is 1. The summed E-state index contributed by atoms with van der Waals surface area (Å²) in [4.78, 5) is 16.1. The Morgan fingerprint density at radius 3 is 2.90 bits per heavy atom. The molecule has 0 aliphatic rings. The number of rotatable bonds is 7. The highest BCUT2D eigenvalue weighted by Gasteiger charge is 2.06. The van der Waals surface area contributed by atoms with Crippen LogP contribution in [0.2, 0.25) is 0 Å². The zero-order valence-corrected chi connectivity index (χ0v) is 12.3. The first kappa shape index (κ1) is 15.1. The number of amides is 1. The number of nitrogens with zero attached hydrogens (tertiary/aromatic N) is 2. The van der Waals surface area contributed by atoms with Gasteiger partial charge in [0, 0.05) is 32.4 Å². The second kappa shape index (κ2) is 7.44. The number of aromatic nitrogens is 2. The number of anilines is 1. The van der Waals surface area contributed by atoms with Crippen LogP contribution in [0.1, 0.15) is 5.82 Å². The van der Waals surface area contributed by atoms with Gasteiger partial charge in [-0.05, 0) is 12.1 Å². The zero-order valence-electron chi connectivity index (χ0n) is 12.3. The summed E-state index contributed by atoms with van der Waals surface area (Å²) in [6.45, 7) is 0.951. The van der Waals surface area contributed by atoms with Crippen molar-refractivity contribution in [2.45, 2.75) is 6.42 Å². The van der Waals surface area contributed by atoms with Gasteiger partial charge in [-0.2, -0.15) is 0 Å². The van der Waals surface area contributed by atoms with Crippen LogP contribution >= 0.6 is 0 Å². The van der Waals surface area contributed by atoms with Crippen molar-refractivity contribution in [3.8, 4) is 5.75 Å². The second-order valence-electron chi connectivity index (χ2n) is 4.63. The average molecular weight is 288 g/mol. The Morgan fingerprint density at radius 2 is 2.19 bits per heavy atom. The van der Waals surface area contributed by atoms with Crippen LogP contribution in [0, 0.1) is 0 Å².